The van der Waals surface area contributed by atoms with Crippen molar-refractivity contribution < 1.29 is 13.2 Å². The van der Waals surface area contributed by atoms with E-state index in [4.69, 9.17) is 5.84 Å². The molecule has 1 amide bonds. The molecule has 0 atom stereocenters. The van der Waals surface area contributed by atoms with E-state index in [1.54, 1.807) is 6.07 Å². The summed E-state index contributed by atoms with van der Waals surface area (Å²) < 4.78 is 21.8. The number of nitrogens with one attached hydrogen (secondary N) is 2. The summed E-state index contributed by atoms with van der Waals surface area (Å²) in [4.78, 5) is 15.6. The molecular formula is C10H16N4O3S. The van der Waals surface area contributed by atoms with Crippen LogP contribution in [0, 0.1) is 0 Å². The molecule has 1 aromatic heterocycles. The Hall–Kier alpha value is -1.67. The number of anilines is 1. The van der Waals surface area contributed by atoms with Crippen molar-refractivity contribution in [3.05, 3.63) is 24.0 Å². The Balaban J connectivity index is 2.51. The minimum absolute atomic E-state index is 0.0440. The first-order chi connectivity index (χ1) is 8.44. The fraction of sp³-hybridized carbons (Fsp3) is 0.400. The van der Waals surface area contributed by atoms with Crippen LogP contribution in [0.25, 0.3) is 0 Å². The summed E-state index contributed by atoms with van der Waals surface area (Å²) in [5.41, 5.74) is 3.18. The molecule has 1 heterocycles. The molecule has 0 saturated carbocycles. The molecule has 0 aliphatic rings. The lowest BCUT2D eigenvalue weighted by atomic mass is 10.2. The van der Waals surface area contributed by atoms with Crippen molar-refractivity contribution in [3.8, 4) is 0 Å². The predicted molar refractivity (Wildman–Crippen MR) is 68.7 cm³/mol. The standard InChI is InChI=1S/C10H16N4O3S/c1-18(16,17)6-2-4-13-10(15)8-7-12-5-3-9(8)14-11/h3,5,7H,2,4,6,11H2,1H3,(H,12,14)(H,13,15). The van der Waals surface area contributed by atoms with Gasteiger partial charge in [-0.15, -0.1) is 0 Å². The van der Waals surface area contributed by atoms with Gasteiger partial charge in [0.15, 0.2) is 0 Å². The second kappa shape index (κ2) is 6.31. The number of amides is 1. The van der Waals surface area contributed by atoms with Crippen LogP contribution < -0.4 is 16.6 Å². The molecule has 0 bridgehead atoms. The van der Waals surface area contributed by atoms with Crippen LogP contribution in [0.1, 0.15) is 16.8 Å². The zero-order chi connectivity index (χ0) is 13.6. The molecule has 0 unspecified atom stereocenters. The first-order valence-electron chi connectivity index (χ1n) is 5.30. The number of nitrogens with zero attached hydrogens (tertiary/aromatic N) is 1. The predicted octanol–water partition coefficient (Wildman–Crippen LogP) is -0.468. The minimum Gasteiger partial charge on any atom is -0.352 e. The average Bonchev–Trinajstić information content (AvgIpc) is 2.33. The van der Waals surface area contributed by atoms with Gasteiger partial charge in [-0.3, -0.25) is 15.6 Å². The van der Waals surface area contributed by atoms with Crippen molar-refractivity contribution in [2.45, 2.75) is 6.42 Å². The first-order valence-corrected chi connectivity index (χ1v) is 7.36. The monoisotopic (exact) mass is 272 g/mol. The van der Waals surface area contributed by atoms with E-state index < -0.39 is 9.84 Å². The van der Waals surface area contributed by atoms with Gasteiger partial charge in [-0.05, 0) is 12.5 Å². The van der Waals surface area contributed by atoms with Crippen LogP contribution in [0.3, 0.4) is 0 Å². The Morgan fingerprint density at radius 2 is 2.22 bits per heavy atom. The number of sulfone groups is 1. The van der Waals surface area contributed by atoms with E-state index in [1.165, 1.54) is 12.4 Å². The van der Waals surface area contributed by atoms with E-state index >= 15 is 0 Å². The fourth-order valence-corrected chi connectivity index (χ4v) is 2.00. The highest BCUT2D eigenvalue weighted by Gasteiger charge is 2.10. The van der Waals surface area contributed by atoms with Gasteiger partial charge in [0.2, 0.25) is 0 Å². The Morgan fingerprint density at radius 3 is 2.83 bits per heavy atom. The summed E-state index contributed by atoms with van der Waals surface area (Å²) in [7, 11) is -3.00. The molecule has 4 N–H and O–H groups in total. The maximum Gasteiger partial charge on any atom is 0.255 e. The number of carbonyl (C=O) groups is 1. The molecule has 0 aromatic carbocycles. The molecule has 0 spiro atoms. The second-order valence-electron chi connectivity index (χ2n) is 3.80. The topological polar surface area (TPSA) is 114 Å². The van der Waals surface area contributed by atoms with Gasteiger partial charge in [0, 0.05) is 25.2 Å². The zero-order valence-electron chi connectivity index (χ0n) is 10.0. The van der Waals surface area contributed by atoms with Crippen molar-refractivity contribution in [3.63, 3.8) is 0 Å². The van der Waals surface area contributed by atoms with Gasteiger partial charge in [-0.1, -0.05) is 0 Å². The van der Waals surface area contributed by atoms with Gasteiger partial charge in [-0.25, -0.2) is 8.42 Å². The number of hydrogen-bond acceptors (Lipinski definition) is 6. The molecule has 18 heavy (non-hydrogen) atoms. The number of aromatic nitrogens is 1. The summed E-state index contributed by atoms with van der Waals surface area (Å²) in [6.45, 7) is 0.283. The van der Waals surface area contributed by atoms with Crippen LogP contribution in [-0.2, 0) is 9.84 Å². The second-order valence-corrected chi connectivity index (χ2v) is 6.06. The number of carbonyl (C=O) groups excluding carboxylic acids is 1. The largest absolute Gasteiger partial charge is 0.352 e. The number of hydrazine groups is 1. The fourth-order valence-electron chi connectivity index (χ4n) is 1.33. The van der Waals surface area contributed by atoms with E-state index in [2.05, 4.69) is 15.7 Å². The Labute approximate surface area is 106 Å². The summed E-state index contributed by atoms with van der Waals surface area (Å²) in [6, 6.07) is 1.57. The van der Waals surface area contributed by atoms with E-state index in [9.17, 15) is 13.2 Å². The third kappa shape index (κ3) is 4.68. The Kier molecular flexibility index (Phi) is 5.05. The minimum atomic E-state index is -3.00. The summed E-state index contributed by atoms with van der Waals surface area (Å²) in [5.74, 6) is 4.96. The summed E-state index contributed by atoms with van der Waals surface area (Å²) in [5, 5.41) is 2.61. The summed E-state index contributed by atoms with van der Waals surface area (Å²) in [6.07, 6.45) is 4.43. The molecular weight excluding hydrogens is 256 g/mol. The third-order valence-electron chi connectivity index (χ3n) is 2.20. The molecule has 8 heteroatoms. The lowest BCUT2D eigenvalue weighted by molar-refractivity contribution is 0.0954. The molecule has 0 fully saturated rings. The van der Waals surface area contributed by atoms with E-state index in [1.807, 2.05) is 0 Å². The molecule has 1 aromatic rings. The van der Waals surface area contributed by atoms with Gasteiger partial charge in [-0.2, -0.15) is 0 Å². The molecule has 1 rings (SSSR count). The van der Waals surface area contributed by atoms with E-state index in [0.29, 0.717) is 17.7 Å². The van der Waals surface area contributed by atoms with E-state index in [-0.39, 0.29) is 18.2 Å². The van der Waals surface area contributed by atoms with Crippen LogP contribution in [0.15, 0.2) is 18.5 Å². The van der Waals surface area contributed by atoms with Crippen LogP contribution in [-0.4, -0.2) is 37.9 Å². The maximum atomic E-state index is 11.8. The number of rotatable bonds is 6. The summed E-state index contributed by atoms with van der Waals surface area (Å²) >= 11 is 0. The van der Waals surface area contributed by atoms with Gasteiger partial charge >= 0.3 is 0 Å². The number of nitrogens with two attached hydrogens (primary N) is 1. The van der Waals surface area contributed by atoms with Gasteiger partial charge < -0.3 is 10.7 Å². The van der Waals surface area contributed by atoms with Crippen LogP contribution in [0.5, 0.6) is 0 Å². The smallest absolute Gasteiger partial charge is 0.255 e. The SMILES string of the molecule is CS(=O)(=O)CCCNC(=O)c1cnccc1NN. The molecule has 7 nitrogen and oxygen atoms in total. The molecule has 0 aliphatic heterocycles. The van der Waals surface area contributed by atoms with Crippen molar-refractivity contribution in [2.75, 3.05) is 24.0 Å². The first kappa shape index (κ1) is 14.4. The molecule has 100 valence electrons. The number of hydrogen-bond donors (Lipinski definition) is 3. The van der Waals surface area contributed by atoms with Crippen LogP contribution in [0.4, 0.5) is 5.69 Å². The highest BCUT2D eigenvalue weighted by atomic mass is 32.2. The Morgan fingerprint density at radius 1 is 1.50 bits per heavy atom. The number of pyridine rings is 1. The van der Waals surface area contributed by atoms with Gasteiger partial charge in [0.25, 0.3) is 5.91 Å². The van der Waals surface area contributed by atoms with Crippen molar-refractivity contribution in [2.24, 2.45) is 5.84 Å². The highest BCUT2D eigenvalue weighted by molar-refractivity contribution is 7.90. The van der Waals surface area contributed by atoms with E-state index in [0.717, 1.165) is 6.26 Å². The maximum absolute atomic E-state index is 11.8. The molecule has 0 aliphatic carbocycles. The van der Waals surface area contributed by atoms with Crippen LogP contribution >= 0.6 is 0 Å². The highest BCUT2D eigenvalue weighted by Crippen LogP contribution is 2.11. The van der Waals surface area contributed by atoms with Crippen LogP contribution in [0.2, 0.25) is 0 Å². The van der Waals surface area contributed by atoms with Crippen molar-refractivity contribution in [1.29, 1.82) is 0 Å². The quantitative estimate of drug-likeness (QED) is 0.366. The Bertz CT molecular complexity index is 516. The zero-order valence-corrected chi connectivity index (χ0v) is 10.8. The molecule has 0 radical (unpaired) electrons. The molecule has 0 saturated heterocycles. The third-order valence-corrected chi connectivity index (χ3v) is 3.23. The lowest BCUT2D eigenvalue weighted by Crippen LogP contribution is -2.27. The van der Waals surface area contributed by atoms with Crippen molar-refractivity contribution in [1.82, 2.24) is 10.3 Å². The average molecular weight is 272 g/mol. The van der Waals surface area contributed by atoms with Crippen molar-refractivity contribution >= 4 is 21.4 Å². The normalized spacial score (nSPS) is 11.0. The van der Waals surface area contributed by atoms with Gasteiger partial charge in [0.1, 0.15) is 9.84 Å². The number of nitrogen functional groups attached to an aromatic ring is 1. The lowest BCUT2D eigenvalue weighted by Gasteiger charge is -2.08. The van der Waals surface area contributed by atoms with Gasteiger partial charge in [0.05, 0.1) is 17.0 Å².